The number of aryl methyl sites for hydroxylation is 1. The lowest BCUT2D eigenvalue weighted by Gasteiger charge is -1.99. The molecular weight excluding hydrogens is 234 g/mol. The molecule has 2 rings (SSSR count). The Balaban J connectivity index is 2.02. The van der Waals surface area contributed by atoms with E-state index in [9.17, 15) is 0 Å². The van der Waals surface area contributed by atoms with Crippen molar-refractivity contribution >= 4 is 23.4 Å². The molecule has 7 heteroatoms. The van der Waals surface area contributed by atoms with Crippen LogP contribution in [0.3, 0.4) is 0 Å². The van der Waals surface area contributed by atoms with Crippen LogP contribution < -0.4 is 0 Å². The van der Waals surface area contributed by atoms with Crippen LogP contribution in [0.2, 0.25) is 5.28 Å². The molecule has 0 aliphatic carbocycles. The molecular formula is C8H8ClN5S. The molecule has 78 valence electrons. The average Bonchev–Trinajstić information content (AvgIpc) is 2.61. The van der Waals surface area contributed by atoms with Crippen LogP contribution in [-0.2, 0) is 12.8 Å². The van der Waals surface area contributed by atoms with Crippen LogP contribution in [-0.4, -0.2) is 24.7 Å². The van der Waals surface area contributed by atoms with Crippen LogP contribution in [0.25, 0.3) is 0 Å². The maximum Gasteiger partial charge on any atom is 0.222 e. The molecule has 0 saturated carbocycles. The number of hydrogen-bond donors (Lipinski definition) is 0. The zero-order chi connectivity index (χ0) is 10.7. The van der Waals surface area contributed by atoms with Crippen molar-refractivity contribution in [3.05, 3.63) is 29.6 Å². The lowest BCUT2D eigenvalue weighted by molar-refractivity contribution is 0.685. The molecule has 0 saturated heterocycles. The van der Waals surface area contributed by atoms with Gasteiger partial charge in [-0.1, -0.05) is 11.8 Å². The molecule has 0 N–H and O–H groups in total. The van der Waals surface area contributed by atoms with Gasteiger partial charge in [0.05, 0.1) is 5.69 Å². The molecule has 0 unspecified atom stereocenters. The molecule has 0 aromatic carbocycles. The molecule has 5 nitrogen and oxygen atoms in total. The molecule has 0 atom stereocenters. The predicted molar refractivity (Wildman–Crippen MR) is 57.6 cm³/mol. The third-order valence-electron chi connectivity index (χ3n) is 1.70. The zero-order valence-corrected chi connectivity index (χ0v) is 9.53. The lowest BCUT2D eigenvalue weighted by atomic mass is 10.5. The van der Waals surface area contributed by atoms with Gasteiger partial charge >= 0.3 is 0 Å². The van der Waals surface area contributed by atoms with Crippen molar-refractivity contribution in [1.29, 1.82) is 0 Å². The Hall–Kier alpha value is -1.14. The SMILES string of the molecule is Cn1ncnc1SCc1ccnc(Cl)n1. The van der Waals surface area contributed by atoms with Gasteiger partial charge in [0.1, 0.15) is 6.33 Å². The summed E-state index contributed by atoms with van der Waals surface area (Å²) in [5, 5.41) is 5.09. The highest BCUT2D eigenvalue weighted by Gasteiger charge is 2.03. The van der Waals surface area contributed by atoms with Crippen LogP contribution in [0.1, 0.15) is 5.69 Å². The highest BCUT2D eigenvalue weighted by atomic mass is 35.5. The van der Waals surface area contributed by atoms with Crippen molar-refractivity contribution in [1.82, 2.24) is 24.7 Å². The highest BCUT2D eigenvalue weighted by molar-refractivity contribution is 7.98. The predicted octanol–water partition coefficient (Wildman–Crippen LogP) is 1.55. The Morgan fingerprint density at radius 1 is 1.47 bits per heavy atom. The molecule has 0 spiro atoms. The molecule has 0 aliphatic rings. The van der Waals surface area contributed by atoms with E-state index in [1.165, 1.54) is 6.33 Å². The van der Waals surface area contributed by atoms with Crippen LogP contribution in [0.4, 0.5) is 0 Å². The van der Waals surface area contributed by atoms with E-state index in [-0.39, 0.29) is 5.28 Å². The first-order valence-electron chi connectivity index (χ1n) is 4.20. The van der Waals surface area contributed by atoms with Crippen LogP contribution in [0.5, 0.6) is 0 Å². The van der Waals surface area contributed by atoms with Crippen molar-refractivity contribution in [2.45, 2.75) is 10.9 Å². The molecule has 2 aromatic heterocycles. The van der Waals surface area contributed by atoms with E-state index in [0.29, 0.717) is 5.75 Å². The van der Waals surface area contributed by atoms with Crippen LogP contribution in [0, 0.1) is 0 Å². The van der Waals surface area contributed by atoms with Gasteiger partial charge in [0, 0.05) is 19.0 Å². The summed E-state index contributed by atoms with van der Waals surface area (Å²) in [4.78, 5) is 12.0. The quantitative estimate of drug-likeness (QED) is 0.603. The molecule has 0 aliphatic heterocycles. The second-order valence-corrected chi connectivity index (χ2v) is 4.05. The van der Waals surface area contributed by atoms with Crippen molar-refractivity contribution in [3.8, 4) is 0 Å². The van der Waals surface area contributed by atoms with Crippen molar-refractivity contribution in [2.24, 2.45) is 7.05 Å². The first-order chi connectivity index (χ1) is 7.25. The van der Waals surface area contributed by atoms with Gasteiger partial charge < -0.3 is 0 Å². The number of aromatic nitrogens is 5. The summed E-state index contributed by atoms with van der Waals surface area (Å²) in [5.41, 5.74) is 0.878. The smallest absolute Gasteiger partial charge is 0.222 e. The molecule has 15 heavy (non-hydrogen) atoms. The number of nitrogens with zero attached hydrogens (tertiary/aromatic N) is 5. The third-order valence-corrected chi connectivity index (χ3v) is 2.95. The van der Waals surface area contributed by atoms with Gasteiger partial charge in [-0.3, -0.25) is 0 Å². The number of hydrogen-bond acceptors (Lipinski definition) is 5. The van der Waals surface area contributed by atoms with Gasteiger partial charge in [0.2, 0.25) is 5.28 Å². The molecule has 0 radical (unpaired) electrons. The summed E-state index contributed by atoms with van der Waals surface area (Å²) >= 11 is 7.23. The number of halogens is 1. The Labute approximate surface area is 95.9 Å². The molecule has 0 bridgehead atoms. The van der Waals surface area contributed by atoms with Gasteiger partial charge in [0.15, 0.2) is 5.16 Å². The average molecular weight is 242 g/mol. The Bertz CT molecular complexity index is 458. The normalized spacial score (nSPS) is 10.5. The molecule has 0 amide bonds. The number of rotatable bonds is 3. The minimum absolute atomic E-state index is 0.270. The molecule has 0 fully saturated rings. The third kappa shape index (κ3) is 2.66. The van der Waals surface area contributed by atoms with Crippen molar-refractivity contribution in [2.75, 3.05) is 0 Å². The first kappa shape index (κ1) is 10.4. The lowest BCUT2D eigenvalue weighted by Crippen LogP contribution is -1.94. The van der Waals surface area contributed by atoms with E-state index in [4.69, 9.17) is 11.6 Å². The van der Waals surface area contributed by atoms with Crippen molar-refractivity contribution in [3.63, 3.8) is 0 Å². The molecule has 2 aromatic rings. The van der Waals surface area contributed by atoms with E-state index in [1.807, 2.05) is 13.1 Å². The number of thioether (sulfide) groups is 1. The second kappa shape index (κ2) is 4.59. The minimum Gasteiger partial charge on any atom is -0.244 e. The largest absolute Gasteiger partial charge is 0.244 e. The van der Waals surface area contributed by atoms with Gasteiger partial charge in [0.25, 0.3) is 0 Å². The van der Waals surface area contributed by atoms with E-state index in [2.05, 4.69) is 20.1 Å². The second-order valence-electron chi connectivity index (χ2n) is 2.77. The van der Waals surface area contributed by atoms with E-state index < -0.39 is 0 Å². The van der Waals surface area contributed by atoms with Gasteiger partial charge in [-0.25, -0.2) is 19.6 Å². The summed E-state index contributed by atoms with van der Waals surface area (Å²) < 4.78 is 1.72. The standard InChI is InChI=1S/C8H8ClN5S/c1-14-8(11-5-12-14)15-4-6-2-3-10-7(9)13-6/h2-3,5H,4H2,1H3. The summed E-state index contributed by atoms with van der Waals surface area (Å²) in [6, 6.07) is 1.83. The Morgan fingerprint density at radius 3 is 3.00 bits per heavy atom. The fourth-order valence-corrected chi connectivity index (χ4v) is 1.96. The highest BCUT2D eigenvalue weighted by Crippen LogP contribution is 2.18. The van der Waals surface area contributed by atoms with Gasteiger partial charge in [-0.2, -0.15) is 5.10 Å². The summed E-state index contributed by atoms with van der Waals surface area (Å²) in [6.07, 6.45) is 3.16. The fourth-order valence-electron chi connectivity index (χ4n) is 1.00. The van der Waals surface area contributed by atoms with Crippen LogP contribution >= 0.6 is 23.4 Å². The summed E-state index contributed by atoms with van der Waals surface area (Å²) in [7, 11) is 1.85. The van der Waals surface area contributed by atoms with E-state index in [1.54, 1.807) is 22.6 Å². The van der Waals surface area contributed by atoms with Crippen molar-refractivity contribution < 1.29 is 0 Å². The fraction of sp³-hybridized carbons (Fsp3) is 0.250. The topological polar surface area (TPSA) is 56.5 Å². The van der Waals surface area contributed by atoms with Gasteiger partial charge in [-0.15, -0.1) is 0 Å². The maximum atomic E-state index is 5.67. The van der Waals surface area contributed by atoms with E-state index >= 15 is 0 Å². The van der Waals surface area contributed by atoms with E-state index in [0.717, 1.165) is 10.9 Å². The first-order valence-corrected chi connectivity index (χ1v) is 5.56. The Kier molecular flexibility index (Phi) is 3.17. The minimum atomic E-state index is 0.270. The van der Waals surface area contributed by atoms with Gasteiger partial charge in [-0.05, 0) is 17.7 Å². The monoisotopic (exact) mass is 241 g/mol. The summed E-state index contributed by atoms with van der Waals surface area (Å²) in [6.45, 7) is 0. The Morgan fingerprint density at radius 2 is 2.33 bits per heavy atom. The maximum absolute atomic E-state index is 5.67. The molecule has 2 heterocycles. The van der Waals surface area contributed by atoms with Crippen LogP contribution in [0.15, 0.2) is 23.7 Å². The zero-order valence-electron chi connectivity index (χ0n) is 7.96. The summed E-state index contributed by atoms with van der Waals surface area (Å²) in [5.74, 6) is 0.703.